The third-order valence-electron chi connectivity index (χ3n) is 3.41. The fourth-order valence-corrected chi connectivity index (χ4v) is 2.10. The van der Waals surface area contributed by atoms with Crippen LogP contribution in [0.1, 0.15) is 43.5 Å². The SMILES string of the molecule is CC(C)C(CCNC(=O)c1ccncc1)CCC(=O)O. The van der Waals surface area contributed by atoms with Crippen molar-refractivity contribution in [3.8, 4) is 0 Å². The standard InChI is InChI=1S/C15H22N2O3/c1-11(2)12(3-4-14(18)19)7-10-17-15(20)13-5-8-16-9-6-13/h5-6,8-9,11-12H,3-4,7,10H2,1-2H3,(H,17,20)(H,18,19). The van der Waals surface area contributed by atoms with E-state index in [0.717, 1.165) is 6.42 Å². The Morgan fingerprint density at radius 1 is 1.25 bits per heavy atom. The largest absolute Gasteiger partial charge is 0.481 e. The third-order valence-corrected chi connectivity index (χ3v) is 3.41. The topological polar surface area (TPSA) is 79.3 Å². The van der Waals surface area contributed by atoms with E-state index in [1.807, 2.05) is 0 Å². The van der Waals surface area contributed by atoms with Crippen molar-refractivity contribution in [2.45, 2.75) is 33.1 Å². The van der Waals surface area contributed by atoms with Gasteiger partial charge in [-0.2, -0.15) is 0 Å². The van der Waals surface area contributed by atoms with Crippen molar-refractivity contribution in [1.82, 2.24) is 10.3 Å². The normalized spacial score (nSPS) is 12.2. The molecule has 0 radical (unpaired) electrons. The van der Waals surface area contributed by atoms with Gasteiger partial charge in [0, 0.05) is 30.9 Å². The van der Waals surface area contributed by atoms with E-state index in [0.29, 0.717) is 30.4 Å². The number of carboxylic acid groups (broad SMARTS) is 1. The summed E-state index contributed by atoms with van der Waals surface area (Å²) < 4.78 is 0. The molecule has 0 aliphatic carbocycles. The molecule has 1 atom stereocenters. The molecule has 0 aromatic carbocycles. The van der Waals surface area contributed by atoms with Gasteiger partial charge in [-0.1, -0.05) is 13.8 Å². The van der Waals surface area contributed by atoms with Gasteiger partial charge in [-0.15, -0.1) is 0 Å². The zero-order chi connectivity index (χ0) is 15.0. The predicted octanol–water partition coefficient (Wildman–Crippen LogP) is 2.34. The summed E-state index contributed by atoms with van der Waals surface area (Å²) in [6.07, 6.45) is 4.79. The molecule has 2 N–H and O–H groups in total. The van der Waals surface area contributed by atoms with E-state index >= 15 is 0 Å². The van der Waals surface area contributed by atoms with Gasteiger partial charge < -0.3 is 10.4 Å². The van der Waals surface area contributed by atoms with Gasteiger partial charge in [-0.25, -0.2) is 0 Å². The monoisotopic (exact) mass is 278 g/mol. The van der Waals surface area contributed by atoms with Gasteiger partial charge in [0.25, 0.3) is 5.91 Å². The molecule has 1 aromatic rings. The lowest BCUT2D eigenvalue weighted by atomic mass is 9.88. The number of hydrogen-bond acceptors (Lipinski definition) is 3. The number of carboxylic acids is 1. The molecule has 0 fully saturated rings. The van der Waals surface area contributed by atoms with Crippen LogP contribution in [0.2, 0.25) is 0 Å². The minimum Gasteiger partial charge on any atom is -0.481 e. The Morgan fingerprint density at radius 2 is 1.90 bits per heavy atom. The Morgan fingerprint density at radius 3 is 2.45 bits per heavy atom. The number of nitrogens with zero attached hydrogens (tertiary/aromatic N) is 1. The number of pyridine rings is 1. The van der Waals surface area contributed by atoms with Gasteiger partial charge >= 0.3 is 5.97 Å². The second-order valence-corrected chi connectivity index (χ2v) is 5.22. The van der Waals surface area contributed by atoms with Gasteiger partial charge in [0.2, 0.25) is 0 Å². The van der Waals surface area contributed by atoms with Crippen LogP contribution in [0.25, 0.3) is 0 Å². The molecular formula is C15H22N2O3. The van der Waals surface area contributed by atoms with E-state index in [-0.39, 0.29) is 12.3 Å². The van der Waals surface area contributed by atoms with Crippen molar-refractivity contribution in [2.75, 3.05) is 6.54 Å². The summed E-state index contributed by atoms with van der Waals surface area (Å²) in [7, 11) is 0. The van der Waals surface area contributed by atoms with Crippen LogP contribution < -0.4 is 5.32 Å². The van der Waals surface area contributed by atoms with E-state index < -0.39 is 5.97 Å². The molecule has 110 valence electrons. The number of rotatable bonds is 8. The van der Waals surface area contributed by atoms with Crippen molar-refractivity contribution in [3.63, 3.8) is 0 Å². The highest BCUT2D eigenvalue weighted by Crippen LogP contribution is 2.20. The van der Waals surface area contributed by atoms with Gasteiger partial charge in [0.05, 0.1) is 0 Å². The highest BCUT2D eigenvalue weighted by atomic mass is 16.4. The van der Waals surface area contributed by atoms with Crippen molar-refractivity contribution < 1.29 is 14.7 Å². The summed E-state index contributed by atoms with van der Waals surface area (Å²) in [5.74, 6) is -0.166. The highest BCUT2D eigenvalue weighted by Gasteiger charge is 2.15. The minimum absolute atomic E-state index is 0.117. The Hall–Kier alpha value is -1.91. The number of amides is 1. The first kappa shape index (κ1) is 16.1. The van der Waals surface area contributed by atoms with Crippen LogP contribution in [0, 0.1) is 11.8 Å². The van der Waals surface area contributed by atoms with Crippen LogP contribution >= 0.6 is 0 Å². The number of hydrogen-bond donors (Lipinski definition) is 2. The second-order valence-electron chi connectivity index (χ2n) is 5.22. The average molecular weight is 278 g/mol. The number of carbonyl (C=O) groups is 2. The molecule has 0 spiro atoms. The fourth-order valence-electron chi connectivity index (χ4n) is 2.10. The minimum atomic E-state index is -0.767. The number of aliphatic carboxylic acids is 1. The summed E-state index contributed by atoms with van der Waals surface area (Å²) in [4.78, 5) is 26.3. The molecule has 0 bridgehead atoms. The first-order chi connectivity index (χ1) is 9.50. The Balaban J connectivity index is 2.37. The lowest BCUT2D eigenvalue weighted by Gasteiger charge is -2.20. The molecule has 0 aliphatic heterocycles. The number of carbonyl (C=O) groups excluding carboxylic acids is 1. The smallest absolute Gasteiger partial charge is 0.303 e. The average Bonchev–Trinajstić information content (AvgIpc) is 2.42. The zero-order valence-corrected chi connectivity index (χ0v) is 12.0. The highest BCUT2D eigenvalue weighted by molar-refractivity contribution is 5.93. The Labute approximate surface area is 119 Å². The zero-order valence-electron chi connectivity index (χ0n) is 12.0. The summed E-state index contributed by atoms with van der Waals surface area (Å²) in [5, 5.41) is 11.6. The molecule has 5 heteroatoms. The Kier molecular flexibility index (Phi) is 6.70. The van der Waals surface area contributed by atoms with Gasteiger partial charge in [-0.05, 0) is 36.8 Å². The maximum atomic E-state index is 11.8. The van der Waals surface area contributed by atoms with Crippen LogP contribution in [0.15, 0.2) is 24.5 Å². The van der Waals surface area contributed by atoms with Crippen LogP contribution in [0.4, 0.5) is 0 Å². The third kappa shape index (κ3) is 5.82. The Bertz CT molecular complexity index is 432. The fraction of sp³-hybridized carbons (Fsp3) is 0.533. The summed E-state index contributed by atoms with van der Waals surface area (Å²) in [6, 6.07) is 3.33. The van der Waals surface area contributed by atoms with E-state index in [9.17, 15) is 9.59 Å². The lowest BCUT2D eigenvalue weighted by Crippen LogP contribution is -2.27. The van der Waals surface area contributed by atoms with Crippen LogP contribution in [-0.4, -0.2) is 28.5 Å². The maximum absolute atomic E-state index is 11.8. The quantitative estimate of drug-likeness (QED) is 0.765. The van der Waals surface area contributed by atoms with Gasteiger partial charge in [-0.3, -0.25) is 14.6 Å². The molecular weight excluding hydrogens is 256 g/mol. The van der Waals surface area contributed by atoms with Crippen LogP contribution in [-0.2, 0) is 4.79 Å². The molecule has 1 rings (SSSR count). The van der Waals surface area contributed by atoms with Crippen molar-refractivity contribution >= 4 is 11.9 Å². The van der Waals surface area contributed by atoms with Crippen LogP contribution in [0.5, 0.6) is 0 Å². The predicted molar refractivity (Wildman–Crippen MR) is 76.4 cm³/mol. The first-order valence-electron chi connectivity index (χ1n) is 6.90. The van der Waals surface area contributed by atoms with E-state index in [1.165, 1.54) is 0 Å². The maximum Gasteiger partial charge on any atom is 0.303 e. The summed E-state index contributed by atoms with van der Waals surface area (Å²) in [5.41, 5.74) is 0.589. The molecule has 5 nitrogen and oxygen atoms in total. The molecule has 0 aliphatic rings. The lowest BCUT2D eigenvalue weighted by molar-refractivity contribution is -0.137. The van der Waals surface area contributed by atoms with Gasteiger partial charge in [0.1, 0.15) is 0 Å². The summed E-state index contributed by atoms with van der Waals surface area (Å²) >= 11 is 0. The first-order valence-corrected chi connectivity index (χ1v) is 6.90. The molecule has 0 saturated heterocycles. The molecule has 1 amide bonds. The molecule has 20 heavy (non-hydrogen) atoms. The van der Waals surface area contributed by atoms with E-state index in [2.05, 4.69) is 24.1 Å². The number of nitrogens with one attached hydrogen (secondary N) is 1. The molecule has 1 unspecified atom stereocenters. The molecule has 0 saturated carbocycles. The summed E-state index contributed by atoms with van der Waals surface area (Å²) in [6.45, 7) is 4.72. The van der Waals surface area contributed by atoms with E-state index in [1.54, 1.807) is 24.5 Å². The van der Waals surface area contributed by atoms with Crippen molar-refractivity contribution in [2.24, 2.45) is 11.8 Å². The van der Waals surface area contributed by atoms with Crippen molar-refractivity contribution in [1.29, 1.82) is 0 Å². The van der Waals surface area contributed by atoms with Gasteiger partial charge in [0.15, 0.2) is 0 Å². The molecule has 1 aromatic heterocycles. The van der Waals surface area contributed by atoms with Crippen LogP contribution in [0.3, 0.4) is 0 Å². The number of aromatic nitrogens is 1. The second kappa shape index (κ2) is 8.30. The van der Waals surface area contributed by atoms with Crippen molar-refractivity contribution in [3.05, 3.63) is 30.1 Å². The molecule has 1 heterocycles. The van der Waals surface area contributed by atoms with E-state index in [4.69, 9.17) is 5.11 Å².